The Morgan fingerprint density at radius 3 is 2.73 bits per heavy atom. The van der Waals surface area contributed by atoms with Crippen LogP contribution in [0.15, 0.2) is 49.1 Å². The molecule has 5 rings (SSSR count). The highest BCUT2D eigenvalue weighted by Crippen LogP contribution is 2.43. The van der Waals surface area contributed by atoms with Crippen LogP contribution in [0, 0.1) is 0 Å². The first kappa shape index (κ1) is 25.5. The van der Waals surface area contributed by atoms with Crippen molar-refractivity contribution in [3.05, 3.63) is 54.6 Å². The molecule has 4 heterocycles. The van der Waals surface area contributed by atoms with Crippen molar-refractivity contribution in [2.45, 2.75) is 37.8 Å². The van der Waals surface area contributed by atoms with Crippen molar-refractivity contribution < 1.29 is 33.0 Å². The highest BCUT2D eigenvalue weighted by atomic mass is 31.2. The van der Waals surface area contributed by atoms with Gasteiger partial charge in [-0.05, 0) is 18.6 Å². The average Bonchev–Trinajstić information content (AvgIpc) is 3.56. The van der Waals surface area contributed by atoms with Crippen LogP contribution in [-0.2, 0) is 23.3 Å². The number of nitrogens with zero attached hydrogens (tertiary/aromatic N) is 4. The summed E-state index contributed by atoms with van der Waals surface area (Å²) in [5, 5.41) is 5.30. The van der Waals surface area contributed by atoms with E-state index >= 15 is 0 Å². The smallest absolute Gasteiger partial charge is 0.325 e. The number of aromatic nitrogens is 4. The summed E-state index contributed by atoms with van der Waals surface area (Å²) in [7, 11) is -3.74. The van der Waals surface area contributed by atoms with Gasteiger partial charge in [-0.2, -0.15) is 0 Å². The van der Waals surface area contributed by atoms with Gasteiger partial charge in [0.15, 0.2) is 29.5 Å². The van der Waals surface area contributed by atoms with Crippen LogP contribution < -0.4 is 10.6 Å². The Morgan fingerprint density at radius 1 is 1.19 bits per heavy atom. The maximum absolute atomic E-state index is 12.0. The fraction of sp³-hybridized carbons (Fsp3) is 0.391. The zero-order chi connectivity index (χ0) is 26.0. The number of fused-ring (bicyclic) bond motifs is 2. The number of hydrogen-bond acceptors (Lipinski definition) is 9. The molecule has 3 aromatic rings. The van der Waals surface area contributed by atoms with E-state index in [0.717, 1.165) is 12.2 Å². The second-order valence-corrected chi connectivity index (χ2v) is 10.4. The van der Waals surface area contributed by atoms with Crippen LogP contribution in [0.3, 0.4) is 0 Å². The number of anilines is 1. The lowest BCUT2D eigenvalue weighted by atomic mass is 10.1. The van der Waals surface area contributed by atoms with Gasteiger partial charge in [-0.25, -0.2) is 19.7 Å². The van der Waals surface area contributed by atoms with Gasteiger partial charge in [-0.1, -0.05) is 36.4 Å². The van der Waals surface area contributed by atoms with Gasteiger partial charge in [0, 0.05) is 13.2 Å². The zero-order valence-corrected chi connectivity index (χ0v) is 21.0. The lowest BCUT2D eigenvalue weighted by Crippen LogP contribution is -2.31. The summed E-state index contributed by atoms with van der Waals surface area (Å²) >= 11 is 0. The number of amides is 2. The molecule has 6 atom stereocenters. The quantitative estimate of drug-likeness (QED) is 0.370. The van der Waals surface area contributed by atoms with Crippen molar-refractivity contribution in [3.8, 4) is 0 Å². The minimum absolute atomic E-state index is 0.175. The molecule has 2 fully saturated rings. The van der Waals surface area contributed by atoms with Crippen LogP contribution in [0.2, 0.25) is 0 Å². The molecule has 2 unspecified atom stereocenters. The number of ether oxygens (including phenoxy) is 3. The SMILES string of the molecule is CCNC(=O)Nc1ncnc2c1ncn2[C@@H]1O[C@H](COP(C)(=O)O)C2O[C@H](C=Cc3ccccc3)O[C@@H]21. The van der Waals surface area contributed by atoms with Gasteiger partial charge in [0.05, 0.1) is 12.9 Å². The molecule has 196 valence electrons. The summed E-state index contributed by atoms with van der Waals surface area (Å²) in [5.41, 5.74) is 1.75. The van der Waals surface area contributed by atoms with E-state index in [4.69, 9.17) is 18.7 Å². The van der Waals surface area contributed by atoms with Crippen molar-refractivity contribution in [2.75, 3.05) is 25.1 Å². The molecule has 0 saturated carbocycles. The van der Waals surface area contributed by atoms with Crippen molar-refractivity contribution in [2.24, 2.45) is 0 Å². The lowest BCUT2D eigenvalue weighted by Gasteiger charge is -2.20. The average molecular weight is 530 g/mol. The molecule has 0 spiro atoms. The van der Waals surface area contributed by atoms with E-state index in [1.807, 2.05) is 36.4 Å². The second kappa shape index (κ2) is 10.7. The number of urea groups is 1. The molecule has 13 nitrogen and oxygen atoms in total. The maximum atomic E-state index is 12.0. The minimum atomic E-state index is -3.74. The fourth-order valence-corrected chi connectivity index (χ4v) is 4.64. The predicted molar refractivity (Wildman–Crippen MR) is 133 cm³/mol. The number of benzene rings is 1. The first-order valence-corrected chi connectivity index (χ1v) is 13.7. The van der Waals surface area contributed by atoms with E-state index < -0.39 is 44.5 Å². The number of imidazole rings is 1. The third-order valence-corrected chi connectivity index (χ3v) is 6.42. The summed E-state index contributed by atoms with van der Waals surface area (Å²) in [6.45, 7) is 3.19. The molecule has 37 heavy (non-hydrogen) atoms. The Hall–Kier alpha value is -3.19. The van der Waals surface area contributed by atoms with E-state index in [-0.39, 0.29) is 12.4 Å². The Kier molecular flexibility index (Phi) is 7.33. The number of rotatable bonds is 8. The largest absolute Gasteiger partial charge is 0.347 e. The van der Waals surface area contributed by atoms with Gasteiger partial charge in [-0.3, -0.25) is 14.4 Å². The van der Waals surface area contributed by atoms with Gasteiger partial charge >= 0.3 is 13.6 Å². The third kappa shape index (κ3) is 5.72. The van der Waals surface area contributed by atoms with Crippen LogP contribution in [-0.4, -0.2) is 74.9 Å². The number of carbonyl (C=O) groups is 1. The fourth-order valence-electron chi connectivity index (χ4n) is 4.22. The van der Waals surface area contributed by atoms with Crippen LogP contribution >= 0.6 is 7.60 Å². The molecule has 2 saturated heterocycles. The topological polar surface area (TPSA) is 159 Å². The van der Waals surface area contributed by atoms with Gasteiger partial charge in [0.1, 0.15) is 24.6 Å². The molecule has 1 aromatic carbocycles. The van der Waals surface area contributed by atoms with Gasteiger partial charge in [0.25, 0.3) is 0 Å². The van der Waals surface area contributed by atoms with Gasteiger partial charge in [0.2, 0.25) is 0 Å². The van der Waals surface area contributed by atoms with E-state index in [1.54, 1.807) is 17.6 Å². The van der Waals surface area contributed by atoms with Crippen molar-refractivity contribution >= 4 is 36.7 Å². The van der Waals surface area contributed by atoms with E-state index in [1.165, 1.54) is 12.7 Å². The number of hydrogen-bond donors (Lipinski definition) is 3. The van der Waals surface area contributed by atoms with E-state index in [2.05, 4.69) is 25.6 Å². The third-order valence-electron chi connectivity index (χ3n) is 5.79. The van der Waals surface area contributed by atoms with E-state index in [9.17, 15) is 14.3 Å². The van der Waals surface area contributed by atoms with Crippen LogP contribution in [0.1, 0.15) is 18.7 Å². The first-order chi connectivity index (χ1) is 17.8. The Labute approximate surface area is 212 Å². The summed E-state index contributed by atoms with van der Waals surface area (Å²) < 4.78 is 37.1. The predicted octanol–water partition coefficient (Wildman–Crippen LogP) is 2.52. The second-order valence-electron chi connectivity index (χ2n) is 8.53. The van der Waals surface area contributed by atoms with Crippen LogP contribution in [0.5, 0.6) is 0 Å². The molecule has 2 aliphatic heterocycles. The zero-order valence-electron chi connectivity index (χ0n) is 20.1. The molecule has 0 aliphatic carbocycles. The highest BCUT2D eigenvalue weighted by Gasteiger charge is 2.53. The van der Waals surface area contributed by atoms with Gasteiger partial charge in [-0.15, -0.1) is 0 Å². The first-order valence-electron chi connectivity index (χ1n) is 11.7. The monoisotopic (exact) mass is 530 g/mol. The van der Waals surface area contributed by atoms with Gasteiger partial charge < -0.3 is 28.9 Å². The lowest BCUT2D eigenvalue weighted by molar-refractivity contribution is -0.131. The molecule has 3 N–H and O–H groups in total. The number of carbonyl (C=O) groups excluding carboxylic acids is 1. The van der Waals surface area contributed by atoms with Crippen molar-refractivity contribution in [3.63, 3.8) is 0 Å². The van der Waals surface area contributed by atoms with E-state index in [0.29, 0.717) is 17.7 Å². The minimum Gasteiger partial charge on any atom is -0.347 e. The summed E-state index contributed by atoms with van der Waals surface area (Å²) in [4.78, 5) is 34.5. The summed E-state index contributed by atoms with van der Waals surface area (Å²) in [6.07, 6.45) is 3.22. The van der Waals surface area contributed by atoms with Crippen LogP contribution in [0.25, 0.3) is 17.2 Å². The maximum Gasteiger partial charge on any atom is 0.325 e. The van der Waals surface area contributed by atoms with Crippen molar-refractivity contribution in [1.29, 1.82) is 0 Å². The van der Waals surface area contributed by atoms with Crippen LogP contribution in [0.4, 0.5) is 10.6 Å². The molecule has 0 radical (unpaired) electrons. The molecule has 14 heteroatoms. The standard InChI is InChI=1S/C23H27N6O7P/c1-3-24-23(30)28-20-17-21(26-12-25-20)29(13-27-17)22-19-18(15(34-22)11-33-37(2,31)32)35-16(36-19)10-9-14-7-5-4-6-8-14/h4-10,12-13,15-16,18-19,22H,3,11H2,1-2H3,(H,31,32)(H2,24,25,26,28,30)/t15-,16+,18?,19+,22-/m1/s1. The highest BCUT2D eigenvalue weighted by molar-refractivity contribution is 7.51. The summed E-state index contributed by atoms with van der Waals surface area (Å²) in [5.74, 6) is 0.239. The molecular formula is C23H27N6O7P. The Bertz CT molecular complexity index is 1330. The molecule has 2 aromatic heterocycles. The summed E-state index contributed by atoms with van der Waals surface area (Å²) in [6, 6.07) is 9.29. The van der Waals surface area contributed by atoms with Crippen molar-refractivity contribution in [1.82, 2.24) is 24.8 Å². The molecule has 2 aliphatic rings. The molecular weight excluding hydrogens is 503 g/mol. The molecule has 0 bridgehead atoms. The Morgan fingerprint density at radius 2 is 1.97 bits per heavy atom. The number of nitrogens with one attached hydrogen (secondary N) is 2. The normalized spacial score (nSPS) is 26.8. The Balaban J connectivity index is 1.41. The molecule has 2 amide bonds.